The fourth-order valence-corrected chi connectivity index (χ4v) is 2.38. The second-order valence-corrected chi connectivity index (χ2v) is 5.27. The average Bonchev–Trinajstić information content (AvgIpc) is 2.41. The molecule has 1 atom stereocenters. The van der Waals surface area contributed by atoms with E-state index in [1.165, 1.54) is 5.56 Å². The Labute approximate surface area is 122 Å². The molecule has 0 amide bonds. The van der Waals surface area contributed by atoms with E-state index in [4.69, 9.17) is 4.74 Å². The van der Waals surface area contributed by atoms with Crippen LogP contribution >= 0.6 is 15.9 Å². The zero-order valence-corrected chi connectivity index (χ0v) is 12.8. The highest BCUT2D eigenvalue weighted by molar-refractivity contribution is 9.10. The first kappa shape index (κ1) is 13.9. The van der Waals surface area contributed by atoms with Crippen LogP contribution in [0.15, 0.2) is 53.0 Å². The van der Waals surface area contributed by atoms with Crippen LogP contribution in [-0.2, 0) is 0 Å². The molecule has 2 rings (SSSR count). The number of halogens is 1. The maximum Gasteiger partial charge on any atom is 0.142 e. The van der Waals surface area contributed by atoms with Crippen LogP contribution in [0.5, 0.6) is 5.75 Å². The average molecular weight is 320 g/mol. The van der Waals surface area contributed by atoms with Crippen molar-refractivity contribution in [3.8, 4) is 5.75 Å². The fourth-order valence-electron chi connectivity index (χ4n) is 1.96. The second kappa shape index (κ2) is 6.62. The van der Waals surface area contributed by atoms with E-state index in [1.54, 1.807) is 0 Å². The van der Waals surface area contributed by atoms with Crippen molar-refractivity contribution in [3.63, 3.8) is 0 Å². The van der Waals surface area contributed by atoms with Crippen LogP contribution in [0.2, 0.25) is 0 Å². The summed E-state index contributed by atoms with van der Waals surface area (Å²) in [6, 6.07) is 16.6. The Bertz CT molecular complexity index is 542. The standard InChI is InChI=1S/C16H18BrNO/c1-3-19-16-10-5-4-9-15(16)18-12(2)13-7-6-8-14(17)11-13/h4-12,18H,3H2,1-2H3. The van der Waals surface area contributed by atoms with Gasteiger partial charge in [-0.05, 0) is 43.7 Å². The maximum atomic E-state index is 5.63. The Morgan fingerprint density at radius 1 is 1.16 bits per heavy atom. The van der Waals surface area contributed by atoms with E-state index in [0.717, 1.165) is 15.9 Å². The summed E-state index contributed by atoms with van der Waals surface area (Å²) in [6.07, 6.45) is 0. The van der Waals surface area contributed by atoms with Gasteiger partial charge in [0.05, 0.1) is 12.3 Å². The van der Waals surface area contributed by atoms with Crippen molar-refractivity contribution in [1.29, 1.82) is 0 Å². The molecule has 0 aliphatic heterocycles. The van der Waals surface area contributed by atoms with E-state index in [2.05, 4.69) is 40.3 Å². The van der Waals surface area contributed by atoms with Crippen LogP contribution in [0, 0.1) is 0 Å². The van der Waals surface area contributed by atoms with Gasteiger partial charge in [0, 0.05) is 10.5 Å². The Morgan fingerprint density at radius 2 is 1.95 bits per heavy atom. The van der Waals surface area contributed by atoms with Crippen molar-refractivity contribution in [1.82, 2.24) is 0 Å². The minimum absolute atomic E-state index is 0.221. The zero-order chi connectivity index (χ0) is 13.7. The molecule has 3 heteroatoms. The molecule has 2 nitrogen and oxygen atoms in total. The van der Waals surface area contributed by atoms with Gasteiger partial charge in [0.15, 0.2) is 0 Å². The molecule has 2 aromatic rings. The molecule has 0 fully saturated rings. The number of anilines is 1. The SMILES string of the molecule is CCOc1ccccc1NC(C)c1cccc(Br)c1. The minimum atomic E-state index is 0.221. The highest BCUT2D eigenvalue weighted by atomic mass is 79.9. The summed E-state index contributed by atoms with van der Waals surface area (Å²) < 4.78 is 6.72. The lowest BCUT2D eigenvalue weighted by molar-refractivity contribution is 0.341. The van der Waals surface area contributed by atoms with Gasteiger partial charge in [0.25, 0.3) is 0 Å². The van der Waals surface area contributed by atoms with Gasteiger partial charge in [-0.15, -0.1) is 0 Å². The summed E-state index contributed by atoms with van der Waals surface area (Å²) in [5.74, 6) is 0.895. The maximum absolute atomic E-state index is 5.63. The number of nitrogens with one attached hydrogen (secondary N) is 1. The van der Waals surface area contributed by atoms with Crippen LogP contribution in [0.4, 0.5) is 5.69 Å². The minimum Gasteiger partial charge on any atom is -0.492 e. The van der Waals surface area contributed by atoms with Crippen LogP contribution in [0.1, 0.15) is 25.5 Å². The molecule has 0 aliphatic rings. The molecule has 0 aromatic heterocycles. The summed E-state index contributed by atoms with van der Waals surface area (Å²) in [6.45, 7) is 4.81. The monoisotopic (exact) mass is 319 g/mol. The lowest BCUT2D eigenvalue weighted by Gasteiger charge is -2.18. The summed E-state index contributed by atoms with van der Waals surface area (Å²) in [7, 11) is 0. The second-order valence-electron chi connectivity index (χ2n) is 4.35. The molecule has 19 heavy (non-hydrogen) atoms. The van der Waals surface area contributed by atoms with Crippen LogP contribution in [0.3, 0.4) is 0 Å². The number of rotatable bonds is 5. The Hall–Kier alpha value is -1.48. The van der Waals surface area contributed by atoms with Crippen molar-refractivity contribution < 1.29 is 4.74 Å². The third kappa shape index (κ3) is 3.74. The van der Waals surface area contributed by atoms with E-state index >= 15 is 0 Å². The highest BCUT2D eigenvalue weighted by Gasteiger charge is 2.08. The van der Waals surface area contributed by atoms with Gasteiger partial charge in [-0.1, -0.05) is 40.2 Å². The molecule has 0 heterocycles. The molecule has 0 saturated carbocycles. The summed E-state index contributed by atoms with van der Waals surface area (Å²) in [4.78, 5) is 0. The van der Waals surface area contributed by atoms with E-state index in [-0.39, 0.29) is 6.04 Å². The largest absolute Gasteiger partial charge is 0.492 e. The van der Waals surface area contributed by atoms with E-state index in [0.29, 0.717) is 6.61 Å². The van der Waals surface area contributed by atoms with Crippen LogP contribution in [0.25, 0.3) is 0 Å². The highest BCUT2D eigenvalue weighted by Crippen LogP contribution is 2.28. The molecule has 1 N–H and O–H groups in total. The van der Waals surface area contributed by atoms with E-state index < -0.39 is 0 Å². The Morgan fingerprint density at radius 3 is 2.68 bits per heavy atom. The third-order valence-electron chi connectivity index (χ3n) is 2.91. The first-order valence-corrected chi connectivity index (χ1v) is 7.24. The predicted octanol–water partition coefficient (Wildman–Crippen LogP) is 5.02. The van der Waals surface area contributed by atoms with Gasteiger partial charge in [0.1, 0.15) is 5.75 Å². The number of hydrogen-bond acceptors (Lipinski definition) is 2. The van der Waals surface area contributed by atoms with Gasteiger partial charge < -0.3 is 10.1 Å². The molecular formula is C16H18BrNO. The Balaban J connectivity index is 2.16. The molecular weight excluding hydrogens is 302 g/mol. The normalized spacial score (nSPS) is 11.9. The molecule has 0 spiro atoms. The van der Waals surface area contributed by atoms with Gasteiger partial charge >= 0.3 is 0 Å². The summed E-state index contributed by atoms with van der Waals surface area (Å²) in [5.41, 5.74) is 2.26. The lowest BCUT2D eigenvalue weighted by Crippen LogP contribution is -2.08. The molecule has 0 saturated heterocycles. The first-order valence-electron chi connectivity index (χ1n) is 6.44. The number of benzene rings is 2. The summed E-state index contributed by atoms with van der Waals surface area (Å²) in [5, 5.41) is 3.49. The number of ether oxygens (including phenoxy) is 1. The Kier molecular flexibility index (Phi) is 4.86. The van der Waals surface area contributed by atoms with Crippen LogP contribution in [-0.4, -0.2) is 6.61 Å². The topological polar surface area (TPSA) is 21.3 Å². The molecule has 0 radical (unpaired) electrons. The van der Waals surface area contributed by atoms with Crippen molar-refractivity contribution >= 4 is 21.6 Å². The van der Waals surface area contributed by atoms with Crippen molar-refractivity contribution in [2.45, 2.75) is 19.9 Å². The molecule has 2 aromatic carbocycles. The smallest absolute Gasteiger partial charge is 0.142 e. The molecule has 1 unspecified atom stereocenters. The lowest BCUT2D eigenvalue weighted by atomic mass is 10.1. The number of hydrogen-bond donors (Lipinski definition) is 1. The van der Waals surface area contributed by atoms with Crippen molar-refractivity contribution in [2.75, 3.05) is 11.9 Å². The van der Waals surface area contributed by atoms with Crippen LogP contribution < -0.4 is 10.1 Å². The fraction of sp³-hybridized carbons (Fsp3) is 0.250. The molecule has 0 aliphatic carbocycles. The quantitative estimate of drug-likeness (QED) is 0.835. The molecule has 100 valence electrons. The van der Waals surface area contributed by atoms with Crippen molar-refractivity contribution in [3.05, 3.63) is 58.6 Å². The first-order chi connectivity index (χ1) is 9.20. The third-order valence-corrected chi connectivity index (χ3v) is 3.40. The van der Waals surface area contributed by atoms with Gasteiger partial charge in [-0.25, -0.2) is 0 Å². The zero-order valence-electron chi connectivity index (χ0n) is 11.2. The van der Waals surface area contributed by atoms with Crippen molar-refractivity contribution in [2.24, 2.45) is 0 Å². The number of para-hydroxylation sites is 2. The van der Waals surface area contributed by atoms with Gasteiger partial charge in [0.2, 0.25) is 0 Å². The van der Waals surface area contributed by atoms with E-state index in [1.807, 2.05) is 43.3 Å². The summed E-state index contributed by atoms with van der Waals surface area (Å²) >= 11 is 3.50. The molecule has 0 bridgehead atoms. The predicted molar refractivity (Wildman–Crippen MR) is 83.8 cm³/mol. The van der Waals surface area contributed by atoms with Gasteiger partial charge in [-0.2, -0.15) is 0 Å². The van der Waals surface area contributed by atoms with Gasteiger partial charge in [-0.3, -0.25) is 0 Å². The van der Waals surface area contributed by atoms with E-state index in [9.17, 15) is 0 Å².